The maximum absolute atomic E-state index is 11.8. The molecular weight excluding hydrogens is 286 g/mol. The molecule has 0 radical (unpaired) electrons. The molecule has 0 saturated carbocycles. The Morgan fingerprint density at radius 2 is 1.78 bits per heavy atom. The summed E-state index contributed by atoms with van der Waals surface area (Å²) in [5.41, 5.74) is 0.723. The number of fused-ring (bicyclic) bond motifs is 1. The molecular formula is C12H9NO2S3. The summed E-state index contributed by atoms with van der Waals surface area (Å²) in [6.07, 6.45) is 0. The highest BCUT2D eigenvalue weighted by atomic mass is 32.2. The third-order valence-corrected chi connectivity index (χ3v) is 4.80. The average molecular weight is 295 g/mol. The summed E-state index contributed by atoms with van der Waals surface area (Å²) in [5, 5.41) is 3.90. The lowest BCUT2D eigenvalue weighted by Gasteiger charge is -2.00. The third kappa shape index (κ3) is 1.96. The van der Waals surface area contributed by atoms with Crippen molar-refractivity contribution in [2.45, 2.75) is 0 Å². The van der Waals surface area contributed by atoms with Gasteiger partial charge in [-0.2, -0.15) is 0 Å². The molecule has 2 rings (SSSR count). The van der Waals surface area contributed by atoms with Crippen molar-refractivity contribution < 1.29 is 9.59 Å². The Labute approximate surface area is 118 Å². The molecule has 0 saturated heterocycles. The molecule has 0 aliphatic carbocycles. The SMILES string of the molecule is C=CSC(=C)c1sc(C(=C)S)c2c1C(=O)NC2=O. The van der Waals surface area contributed by atoms with Gasteiger partial charge in [-0.1, -0.05) is 31.5 Å². The second kappa shape index (κ2) is 4.79. The van der Waals surface area contributed by atoms with Crippen LogP contribution < -0.4 is 5.32 Å². The van der Waals surface area contributed by atoms with Gasteiger partial charge in [0, 0.05) is 9.81 Å². The smallest absolute Gasteiger partial charge is 0.260 e. The number of hydrogen-bond acceptors (Lipinski definition) is 5. The Hall–Kier alpha value is -1.24. The first kappa shape index (κ1) is 13.2. The number of carbonyl (C=O) groups is 2. The highest BCUT2D eigenvalue weighted by Gasteiger charge is 2.36. The number of hydrogen-bond donors (Lipinski definition) is 2. The third-order valence-electron chi connectivity index (χ3n) is 2.33. The van der Waals surface area contributed by atoms with Crippen molar-refractivity contribution in [2.75, 3.05) is 0 Å². The molecule has 0 fully saturated rings. The lowest BCUT2D eigenvalue weighted by Crippen LogP contribution is -2.21. The van der Waals surface area contributed by atoms with Crippen LogP contribution in [0.25, 0.3) is 9.81 Å². The zero-order chi connectivity index (χ0) is 13.4. The van der Waals surface area contributed by atoms with E-state index in [-0.39, 0.29) is 0 Å². The van der Waals surface area contributed by atoms with Crippen molar-refractivity contribution in [1.29, 1.82) is 0 Å². The Kier molecular flexibility index (Phi) is 3.52. The molecule has 0 atom stereocenters. The van der Waals surface area contributed by atoms with Gasteiger partial charge in [0.15, 0.2) is 0 Å². The number of imide groups is 1. The minimum atomic E-state index is -0.404. The van der Waals surface area contributed by atoms with E-state index in [1.54, 1.807) is 5.41 Å². The van der Waals surface area contributed by atoms with Gasteiger partial charge < -0.3 is 0 Å². The van der Waals surface area contributed by atoms with Crippen molar-refractivity contribution >= 4 is 57.4 Å². The Morgan fingerprint density at radius 3 is 2.28 bits per heavy atom. The first-order valence-electron chi connectivity index (χ1n) is 4.85. The number of nitrogens with one attached hydrogen (secondary N) is 1. The zero-order valence-electron chi connectivity index (χ0n) is 9.28. The van der Waals surface area contributed by atoms with Gasteiger partial charge in [0.1, 0.15) is 0 Å². The average Bonchev–Trinajstić information content (AvgIpc) is 2.80. The molecule has 18 heavy (non-hydrogen) atoms. The number of thioether (sulfide) groups is 1. The molecule has 1 aromatic heterocycles. The summed E-state index contributed by atoms with van der Waals surface area (Å²) in [6.45, 7) is 11.2. The van der Waals surface area contributed by atoms with E-state index in [9.17, 15) is 9.59 Å². The highest BCUT2D eigenvalue weighted by Crippen LogP contribution is 2.42. The minimum absolute atomic E-state index is 0.353. The first-order chi connectivity index (χ1) is 8.47. The van der Waals surface area contributed by atoms with Crippen LogP contribution in [0, 0.1) is 0 Å². The number of rotatable bonds is 4. The normalized spacial score (nSPS) is 13.2. The fraction of sp³-hybridized carbons (Fsp3) is 0. The van der Waals surface area contributed by atoms with E-state index in [0.29, 0.717) is 30.7 Å². The van der Waals surface area contributed by atoms with Gasteiger partial charge in [-0.05, 0) is 5.41 Å². The van der Waals surface area contributed by atoms with Crippen LogP contribution in [0.4, 0.5) is 0 Å². The Morgan fingerprint density at radius 1 is 1.22 bits per heavy atom. The van der Waals surface area contributed by atoms with Crippen LogP contribution in [0.3, 0.4) is 0 Å². The molecule has 0 aromatic carbocycles. The van der Waals surface area contributed by atoms with Crippen LogP contribution >= 0.6 is 35.7 Å². The largest absolute Gasteiger partial charge is 0.288 e. The Balaban J connectivity index is 2.67. The molecule has 0 unspecified atom stereocenters. The van der Waals surface area contributed by atoms with Crippen LogP contribution in [0.1, 0.15) is 30.5 Å². The molecule has 0 spiro atoms. The number of amides is 2. The molecule has 1 aliphatic rings. The molecule has 2 amide bonds. The number of carbonyl (C=O) groups excluding carboxylic acids is 2. The zero-order valence-corrected chi connectivity index (χ0v) is 11.8. The van der Waals surface area contributed by atoms with Crippen LogP contribution in [0.2, 0.25) is 0 Å². The number of thiol groups is 1. The summed E-state index contributed by atoms with van der Waals surface area (Å²) < 4.78 is 0. The van der Waals surface area contributed by atoms with Crippen molar-refractivity contribution in [3.8, 4) is 0 Å². The van der Waals surface area contributed by atoms with Gasteiger partial charge in [-0.25, -0.2) is 0 Å². The molecule has 1 aliphatic heterocycles. The van der Waals surface area contributed by atoms with Crippen molar-refractivity contribution in [1.82, 2.24) is 5.32 Å². The van der Waals surface area contributed by atoms with Gasteiger partial charge in [0.05, 0.1) is 20.9 Å². The van der Waals surface area contributed by atoms with Crippen LogP contribution in [-0.2, 0) is 0 Å². The van der Waals surface area contributed by atoms with Gasteiger partial charge in [-0.3, -0.25) is 14.9 Å². The quantitative estimate of drug-likeness (QED) is 0.661. The summed E-state index contributed by atoms with van der Waals surface area (Å²) in [4.78, 5) is 25.9. The van der Waals surface area contributed by atoms with E-state index in [1.165, 1.54) is 23.1 Å². The molecule has 92 valence electrons. The Bertz CT molecular complexity index is 613. The maximum Gasteiger partial charge on any atom is 0.260 e. The summed E-state index contributed by atoms with van der Waals surface area (Å²) in [6, 6.07) is 0. The highest BCUT2D eigenvalue weighted by molar-refractivity contribution is 8.11. The summed E-state index contributed by atoms with van der Waals surface area (Å²) >= 11 is 6.77. The van der Waals surface area contributed by atoms with E-state index >= 15 is 0 Å². The van der Waals surface area contributed by atoms with Crippen molar-refractivity contribution in [3.05, 3.63) is 46.0 Å². The minimum Gasteiger partial charge on any atom is -0.288 e. The van der Waals surface area contributed by atoms with E-state index in [2.05, 4.69) is 37.7 Å². The van der Waals surface area contributed by atoms with Gasteiger partial charge in [-0.15, -0.1) is 24.0 Å². The van der Waals surface area contributed by atoms with Gasteiger partial charge in [0.2, 0.25) is 0 Å². The van der Waals surface area contributed by atoms with Gasteiger partial charge in [0.25, 0.3) is 11.8 Å². The second-order valence-corrected chi connectivity index (χ2v) is 6.07. The fourth-order valence-electron chi connectivity index (χ4n) is 1.65. The second-order valence-electron chi connectivity index (χ2n) is 3.45. The van der Waals surface area contributed by atoms with Crippen LogP contribution in [0.5, 0.6) is 0 Å². The molecule has 1 N–H and O–H groups in total. The lowest BCUT2D eigenvalue weighted by atomic mass is 10.1. The molecule has 6 heteroatoms. The molecule has 3 nitrogen and oxygen atoms in total. The van der Waals surface area contributed by atoms with Crippen LogP contribution in [-0.4, -0.2) is 11.8 Å². The van der Waals surface area contributed by atoms with E-state index < -0.39 is 11.8 Å². The molecule has 0 bridgehead atoms. The fourth-order valence-corrected chi connectivity index (χ4v) is 3.60. The van der Waals surface area contributed by atoms with E-state index in [1.807, 2.05) is 0 Å². The molecule has 1 aromatic rings. The standard InChI is InChI=1S/C12H9NO2S3/c1-4-17-6(3)10-8-7(9(18-10)5(2)16)11(14)13-12(8)15/h4,16H,1-3H2,(H,13,14,15). The van der Waals surface area contributed by atoms with Gasteiger partial charge >= 0.3 is 0 Å². The maximum atomic E-state index is 11.8. The predicted molar refractivity (Wildman–Crippen MR) is 81.0 cm³/mol. The summed E-state index contributed by atoms with van der Waals surface area (Å²) in [7, 11) is 0. The summed E-state index contributed by atoms with van der Waals surface area (Å²) in [5.74, 6) is -0.799. The van der Waals surface area contributed by atoms with E-state index in [4.69, 9.17) is 0 Å². The number of thiophene rings is 1. The molecule has 2 heterocycles. The predicted octanol–water partition coefficient (Wildman–Crippen LogP) is 3.38. The van der Waals surface area contributed by atoms with E-state index in [0.717, 1.165) is 0 Å². The monoisotopic (exact) mass is 295 g/mol. The first-order valence-corrected chi connectivity index (χ1v) is 6.99. The van der Waals surface area contributed by atoms with Crippen molar-refractivity contribution in [3.63, 3.8) is 0 Å². The lowest BCUT2D eigenvalue weighted by molar-refractivity contribution is 0.0879. The van der Waals surface area contributed by atoms with Crippen molar-refractivity contribution in [2.24, 2.45) is 0 Å². The topological polar surface area (TPSA) is 46.2 Å². The van der Waals surface area contributed by atoms with Crippen LogP contribution in [0.15, 0.2) is 25.1 Å².